The first-order valence-electron chi connectivity index (χ1n) is 8.36. The van der Waals surface area contributed by atoms with Crippen molar-refractivity contribution >= 4 is 11.9 Å². The van der Waals surface area contributed by atoms with E-state index in [2.05, 4.69) is 15.6 Å². The number of primary amides is 1. The number of aliphatic imine (C=N–C) groups is 1. The minimum atomic E-state index is -0.528. The van der Waals surface area contributed by atoms with Crippen molar-refractivity contribution in [1.29, 1.82) is 0 Å². The first kappa shape index (κ1) is 20.2. The van der Waals surface area contributed by atoms with Gasteiger partial charge in [-0.05, 0) is 42.3 Å². The van der Waals surface area contributed by atoms with Crippen molar-refractivity contribution in [2.24, 2.45) is 10.7 Å². The number of ether oxygens (including phenoxy) is 1. The number of rotatable bonds is 8. The molecule has 0 radical (unpaired) electrons. The van der Waals surface area contributed by atoms with Crippen LogP contribution in [0.3, 0.4) is 0 Å². The number of hydrogen-bond acceptors (Lipinski definition) is 3. The summed E-state index contributed by atoms with van der Waals surface area (Å²) in [6, 6.07) is 10.6. The second-order valence-corrected chi connectivity index (χ2v) is 5.74. The zero-order chi connectivity index (χ0) is 19.6. The maximum absolute atomic E-state index is 13.6. The number of nitrogens with two attached hydrogens (primary N) is 1. The lowest BCUT2D eigenvalue weighted by Crippen LogP contribution is -2.38. The van der Waals surface area contributed by atoms with E-state index in [1.165, 1.54) is 0 Å². The first-order valence-corrected chi connectivity index (χ1v) is 8.36. The van der Waals surface area contributed by atoms with Gasteiger partial charge in [0.1, 0.15) is 17.4 Å². The van der Waals surface area contributed by atoms with Crippen molar-refractivity contribution in [3.8, 4) is 5.75 Å². The lowest BCUT2D eigenvalue weighted by atomic mass is 10.1. The number of nitrogens with one attached hydrogen (secondary N) is 2. The lowest BCUT2D eigenvalue weighted by Gasteiger charge is -2.12. The molecule has 0 saturated heterocycles. The van der Waals surface area contributed by atoms with Crippen molar-refractivity contribution in [1.82, 2.24) is 10.6 Å². The summed E-state index contributed by atoms with van der Waals surface area (Å²) in [6.07, 6.45) is 0.713. The first-order chi connectivity index (χ1) is 13.0. The van der Waals surface area contributed by atoms with Crippen LogP contribution in [0.5, 0.6) is 5.75 Å². The molecule has 0 heterocycles. The Kier molecular flexibility index (Phi) is 7.54. The summed E-state index contributed by atoms with van der Waals surface area (Å²) in [5, 5.41) is 6.05. The van der Waals surface area contributed by atoms with Crippen LogP contribution >= 0.6 is 0 Å². The van der Waals surface area contributed by atoms with E-state index in [1.807, 2.05) is 12.1 Å². The van der Waals surface area contributed by atoms with Gasteiger partial charge < -0.3 is 21.1 Å². The van der Waals surface area contributed by atoms with Gasteiger partial charge in [0, 0.05) is 25.7 Å². The van der Waals surface area contributed by atoms with Crippen molar-refractivity contribution in [2.45, 2.75) is 13.0 Å². The second-order valence-electron chi connectivity index (χ2n) is 5.74. The van der Waals surface area contributed by atoms with Gasteiger partial charge in [0.15, 0.2) is 12.6 Å². The molecule has 2 aromatic carbocycles. The zero-order valence-electron chi connectivity index (χ0n) is 15.0. The SMILES string of the molecule is CN=C(NCCc1ccc(OCC(N)=O)cc1)NCc1cc(F)ccc1F. The largest absolute Gasteiger partial charge is 0.484 e. The summed E-state index contributed by atoms with van der Waals surface area (Å²) >= 11 is 0. The van der Waals surface area contributed by atoms with Crippen LogP contribution in [0.15, 0.2) is 47.5 Å². The Labute approximate surface area is 156 Å². The Bertz CT molecular complexity index is 795. The highest BCUT2D eigenvalue weighted by molar-refractivity contribution is 5.79. The molecule has 144 valence electrons. The van der Waals surface area contributed by atoms with Gasteiger partial charge in [0.2, 0.25) is 0 Å². The fourth-order valence-corrected chi connectivity index (χ4v) is 2.31. The van der Waals surface area contributed by atoms with Crippen LogP contribution in [0.25, 0.3) is 0 Å². The van der Waals surface area contributed by atoms with Crippen LogP contribution in [-0.4, -0.2) is 32.1 Å². The Morgan fingerprint density at radius 3 is 2.56 bits per heavy atom. The molecule has 8 heteroatoms. The van der Waals surface area contributed by atoms with Crippen LogP contribution in [0, 0.1) is 11.6 Å². The topological polar surface area (TPSA) is 88.7 Å². The van der Waals surface area contributed by atoms with E-state index >= 15 is 0 Å². The van der Waals surface area contributed by atoms with Gasteiger partial charge in [-0.15, -0.1) is 0 Å². The van der Waals surface area contributed by atoms with Crippen LogP contribution in [0.4, 0.5) is 8.78 Å². The highest BCUT2D eigenvalue weighted by Crippen LogP contribution is 2.12. The summed E-state index contributed by atoms with van der Waals surface area (Å²) in [5.74, 6) is -0.433. The summed E-state index contributed by atoms with van der Waals surface area (Å²) < 4.78 is 32.0. The summed E-state index contributed by atoms with van der Waals surface area (Å²) in [5.41, 5.74) is 6.31. The van der Waals surface area contributed by atoms with Gasteiger partial charge >= 0.3 is 0 Å². The van der Waals surface area contributed by atoms with Gasteiger partial charge in [0.25, 0.3) is 5.91 Å². The van der Waals surface area contributed by atoms with Crippen molar-refractivity contribution < 1.29 is 18.3 Å². The normalized spacial score (nSPS) is 11.1. The van der Waals surface area contributed by atoms with Crippen LogP contribution in [0.1, 0.15) is 11.1 Å². The van der Waals surface area contributed by atoms with Crippen molar-refractivity contribution in [3.05, 3.63) is 65.2 Å². The van der Waals surface area contributed by atoms with E-state index < -0.39 is 17.5 Å². The van der Waals surface area contributed by atoms with Crippen molar-refractivity contribution in [3.63, 3.8) is 0 Å². The molecule has 1 amide bonds. The number of guanidine groups is 1. The molecule has 4 N–H and O–H groups in total. The number of halogens is 2. The highest BCUT2D eigenvalue weighted by atomic mass is 19.1. The predicted molar refractivity (Wildman–Crippen MR) is 99.4 cm³/mol. The number of carbonyl (C=O) groups excluding carboxylic acids is 1. The van der Waals surface area contributed by atoms with E-state index in [1.54, 1.807) is 19.2 Å². The van der Waals surface area contributed by atoms with Gasteiger partial charge in [-0.3, -0.25) is 9.79 Å². The third-order valence-corrected chi connectivity index (χ3v) is 3.69. The average molecular weight is 376 g/mol. The Morgan fingerprint density at radius 1 is 1.15 bits per heavy atom. The third kappa shape index (κ3) is 6.93. The molecular formula is C19H22F2N4O2. The summed E-state index contributed by atoms with van der Waals surface area (Å²) in [4.78, 5) is 14.7. The predicted octanol–water partition coefficient (Wildman–Crippen LogP) is 1.74. The van der Waals surface area contributed by atoms with Crippen LogP contribution in [0.2, 0.25) is 0 Å². The smallest absolute Gasteiger partial charge is 0.255 e. The number of carbonyl (C=O) groups is 1. The fraction of sp³-hybridized carbons (Fsp3) is 0.263. The standard InChI is InChI=1S/C19H22F2N4O2/c1-23-19(25-11-14-10-15(20)4-7-17(14)21)24-9-8-13-2-5-16(6-3-13)27-12-18(22)26/h2-7,10H,8-9,11-12H2,1H3,(H2,22,26)(H2,23,24,25). The third-order valence-electron chi connectivity index (χ3n) is 3.69. The molecular weight excluding hydrogens is 354 g/mol. The van der Waals surface area contributed by atoms with E-state index in [9.17, 15) is 13.6 Å². The van der Waals surface area contributed by atoms with Gasteiger partial charge in [-0.1, -0.05) is 12.1 Å². The molecule has 27 heavy (non-hydrogen) atoms. The maximum atomic E-state index is 13.6. The minimum absolute atomic E-state index is 0.120. The van der Waals surface area contributed by atoms with Crippen molar-refractivity contribution in [2.75, 3.05) is 20.2 Å². The summed E-state index contributed by atoms with van der Waals surface area (Å²) in [6.45, 7) is 0.552. The van der Waals surface area contributed by atoms with Crippen LogP contribution < -0.4 is 21.1 Å². The molecule has 0 spiro atoms. The molecule has 0 aliphatic rings. The second kappa shape index (κ2) is 10.1. The van der Waals surface area contributed by atoms with E-state index in [4.69, 9.17) is 10.5 Å². The average Bonchev–Trinajstić information content (AvgIpc) is 2.66. The number of nitrogens with zero attached hydrogens (tertiary/aromatic N) is 1. The molecule has 0 atom stereocenters. The molecule has 0 bridgehead atoms. The highest BCUT2D eigenvalue weighted by Gasteiger charge is 2.05. The Balaban J connectivity index is 1.77. The van der Waals surface area contributed by atoms with E-state index in [-0.39, 0.29) is 18.7 Å². The molecule has 0 aliphatic carbocycles. The lowest BCUT2D eigenvalue weighted by molar-refractivity contribution is -0.119. The quantitative estimate of drug-likeness (QED) is 0.484. The fourth-order valence-electron chi connectivity index (χ4n) is 2.31. The van der Waals surface area contributed by atoms with E-state index in [0.29, 0.717) is 24.7 Å². The number of benzene rings is 2. The van der Waals surface area contributed by atoms with E-state index in [0.717, 1.165) is 23.8 Å². The monoisotopic (exact) mass is 376 g/mol. The zero-order valence-corrected chi connectivity index (χ0v) is 15.0. The molecule has 0 saturated carbocycles. The number of hydrogen-bond donors (Lipinski definition) is 3. The molecule has 0 unspecified atom stereocenters. The van der Waals surface area contributed by atoms with Gasteiger partial charge in [-0.25, -0.2) is 8.78 Å². The summed E-state index contributed by atoms with van der Waals surface area (Å²) in [7, 11) is 1.60. The van der Waals surface area contributed by atoms with Gasteiger partial charge in [0.05, 0.1) is 0 Å². The molecule has 6 nitrogen and oxygen atoms in total. The Morgan fingerprint density at radius 2 is 1.89 bits per heavy atom. The minimum Gasteiger partial charge on any atom is -0.484 e. The molecule has 2 rings (SSSR count). The Hall–Kier alpha value is -3.16. The molecule has 2 aromatic rings. The molecule has 0 fully saturated rings. The molecule has 0 aliphatic heterocycles. The molecule has 0 aromatic heterocycles. The maximum Gasteiger partial charge on any atom is 0.255 e. The van der Waals surface area contributed by atoms with Gasteiger partial charge in [-0.2, -0.15) is 0 Å². The number of amides is 1. The van der Waals surface area contributed by atoms with Crippen LogP contribution in [-0.2, 0) is 17.8 Å².